The van der Waals surface area contributed by atoms with E-state index in [9.17, 15) is 14.0 Å². The Hall–Kier alpha value is -2.93. The van der Waals surface area contributed by atoms with Gasteiger partial charge in [0.25, 0.3) is 5.91 Å². The molecular formula is C21H20ClFN4O2. The number of hydrogen-bond acceptors (Lipinski definition) is 3. The third-order valence-corrected chi connectivity index (χ3v) is 5.60. The number of piperidine rings is 1. The summed E-state index contributed by atoms with van der Waals surface area (Å²) in [5, 5.41) is 4.56. The molecule has 29 heavy (non-hydrogen) atoms. The largest absolute Gasteiger partial charge is 0.350 e. The molecule has 8 heteroatoms. The summed E-state index contributed by atoms with van der Waals surface area (Å²) in [6.07, 6.45) is 1.25. The maximum Gasteiger partial charge on any atom is 0.350 e. The van der Waals surface area contributed by atoms with E-state index in [2.05, 4.69) is 5.10 Å². The van der Waals surface area contributed by atoms with Crippen molar-refractivity contribution in [1.82, 2.24) is 19.2 Å². The second-order valence-electron chi connectivity index (χ2n) is 7.10. The van der Waals surface area contributed by atoms with E-state index in [1.54, 1.807) is 16.5 Å². The number of para-hydroxylation sites is 1. The minimum absolute atomic E-state index is 0.0178. The van der Waals surface area contributed by atoms with Gasteiger partial charge in [-0.25, -0.2) is 18.4 Å². The molecule has 6 nitrogen and oxygen atoms in total. The summed E-state index contributed by atoms with van der Waals surface area (Å²) in [6, 6.07) is 13.6. The quantitative estimate of drug-likeness (QED) is 0.660. The van der Waals surface area contributed by atoms with Gasteiger partial charge in [0, 0.05) is 26.1 Å². The summed E-state index contributed by atoms with van der Waals surface area (Å²) < 4.78 is 17.1. The summed E-state index contributed by atoms with van der Waals surface area (Å²) in [5.41, 5.74) is 0.465. The number of aryl methyl sites for hydroxylation is 1. The molecule has 1 fully saturated rings. The Kier molecular flexibility index (Phi) is 5.24. The number of carbonyl (C=O) groups is 1. The minimum atomic E-state index is -0.618. The highest BCUT2D eigenvalue weighted by Gasteiger charge is 2.30. The fraction of sp³-hybridized carbons (Fsp3) is 0.286. The average molecular weight is 415 g/mol. The maximum absolute atomic E-state index is 14.1. The van der Waals surface area contributed by atoms with E-state index in [-0.39, 0.29) is 22.2 Å². The maximum atomic E-state index is 14.1. The monoisotopic (exact) mass is 414 g/mol. The lowest BCUT2D eigenvalue weighted by atomic mass is 9.95. The number of carbonyl (C=O) groups excluding carboxylic acids is 1. The first kappa shape index (κ1) is 19.4. The zero-order chi connectivity index (χ0) is 20.5. The van der Waals surface area contributed by atoms with Crippen LogP contribution in [0, 0.1) is 5.82 Å². The van der Waals surface area contributed by atoms with Crippen LogP contribution in [0.15, 0.2) is 53.3 Å². The Morgan fingerprint density at radius 3 is 2.45 bits per heavy atom. The summed E-state index contributed by atoms with van der Waals surface area (Å²) in [7, 11) is 1.63. The molecule has 0 saturated carbocycles. The standard InChI is InChI=1S/C21H20ClFN4O2/c1-25-21(29)27(15-6-3-2-4-7-15)19(24-25)14-10-12-26(13-11-14)20(28)18-16(22)8-5-9-17(18)23/h2-9,14H,10-13H2,1H3. The van der Waals surface area contributed by atoms with Crippen molar-refractivity contribution in [2.24, 2.45) is 7.05 Å². The number of benzene rings is 2. The van der Waals surface area contributed by atoms with Crippen molar-refractivity contribution in [3.63, 3.8) is 0 Å². The first-order valence-corrected chi connectivity index (χ1v) is 9.80. The molecule has 2 heterocycles. The van der Waals surface area contributed by atoms with Crippen molar-refractivity contribution in [1.29, 1.82) is 0 Å². The Labute approximate surface area is 172 Å². The second kappa shape index (κ2) is 7.83. The van der Waals surface area contributed by atoms with Crippen molar-refractivity contribution in [3.05, 3.63) is 81.2 Å². The van der Waals surface area contributed by atoms with Crippen LogP contribution in [0.1, 0.15) is 34.9 Å². The van der Waals surface area contributed by atoms with E-state index in [1.807, 2.05) is 30.3 Å². The minimum Gasteiger partial charge on any atom is -0.338 e. The topological polar surface area (TPSA) is 60.1 Å². The molecule has 0 N–H and O–H groups in total. The van der Waals surface area contributed by atoms with E-state index in [0.29, 0.717) is 31.8 Å². The highest BCUT2D eigenvalue weighted by atomic mass is 35.5. The van der Waals surface area contributed by atoms with Crippen molar-refractivity contribution in [2.75, 3.05) is 13.1 Å². The van der Waals surface area contributed by atoms with Crippen molar-refractivity contribution >= 4 is 17.5 Å². The molecule has 2 aromatic carbocycles. The van der Waals surface area contributed by atoms with Gasteiger partial charge in [0.05, 0.1) is 16.3 Å². The van der Waals surface area contributed by atoms with Crippen LogP contribution in [0.5, 0.6) is 0 Å². The van der Waals surface area contributed by atoms with E-state index >= 15 is 0 Å². The van der Waals surface area contributed by atoms with Crippen LogP contribution in [0.3, 0.4) is 0 Å². The molecular weight excluding hydrogens is 395 g/mol. The zero-order valence-electron chi connectivity index (χ0n) is 15.9. The first-order valence-electron chi connectivity index (χ1n) is 9.42. The van der Waals surface area contributed by atoms with E-state index in [1.165, 1.54) is 22.9 Å². The summed E-state index contributed by atoms with van der Waals surface area (Å²) >= 11 is 6.04. The van der Waals surface area contributed by atoms with Gasteiger partial charge in [-0.05, 0) is 37.1 Å². The van der Waals surface area contributed by atoms with Gasteiger partial charge >= 0.3 is 5.69 Å². The van der Waals surface area contributed by atoms with Crippen LogP contribution in [0.25, 0.3) is 5.69 Å². The van der Waals surface area contributed by atoms with Crippen LogP contribution in [0.4, 0.5) is 4.39 Å². The van der Waals surface area contributed by atoms with Crippen molar-refractivity contribution in [3.8, 4) is 5.69 Å². The fourth-order valence-corrected chi connectivity index (χ4v) is 4.01. The Balaban J connectivity index is 1.56. The zero-order valence-corrected chi connectivity index (χ0v) is 16.6. The average Bonchev–Trinajstić information content (AvgIpc) is 3.03. The lowest BCUT2D eigenvalue weighted by Gasteiger charge is -2.32. The number of likely N-dealkylation sites (tertiary alicyclic amines) is 1. The molecule has 0 bridgehead atoms. The third-order valence-electron chi connectivity index (χ3n) is 5.29. The number of hydrogen-bond donors (Lipinski definition) is 0. The van der Waals surface area contributed by atoms with Gasteiger partial charge in [0.15, 0.2) is 0 Å². The smallest absolute Gasteiger partial charge is 0.338 e. The Morgan fingerprint density at radius 2 is 1.79 bits per heavy atom. The number of halogens is 2. The molecule has 0 radical (unpaired) electrons. The molecule has 0 unspecified atom stereocenters. The molecule has 1 aliphatic heterocycles. The molecule has 1 aliphatic rings. The number of amides is 1. The third kappa shape index (κ3) is 3.58. The normalized spacial score (nSPS) is 14.9. The first-order chi connectivity index (χ1) is 14.0. The molecule has 0 spiro atoms. The van der Waals surface area contributed by atoms with E-state index < -0.39 is 11.7 Å². The number of nitrogens with zero attached hydrogens (tertiary/aromatic N) is 4. The van der Waals surface area contributed by atoms with Crippen LogP contribution < -0.4 is 5.69 Å². The number of aromatic nitrogens is 3. The molecule has 1 aromatic heterocycles. The lowest BCUT2D eigenvalue weighted by molar-refractivity contribution is 0.0706. The molecule has 0 aliphatic carbocycles. The summed E-state index contributed by atoms with van der Waals surface area (Å²) in [5.74, 6) is -0.329. The summed E-state index contributed by atoms with van der Waals surface area (Å²) in [6.45, 7) is 0.876. The SMILES string of the molecule is Cn1nc(C2CCN(C(=O)c3c(F)cccc3Cl)CC2)n(-c2ccccc2)c1=O. The molecule has 4 rings (SSSR count). The van der Waals surface area contributed by atoms with Gasteiger partial charge in [-0.1, -0.05) is 35.9 Å². The van der Waals surface area contributed by atoms with Gasteiger partial charge < -0.3 is 4.90 Å². The number of rotatable bonds is 3. The van der Waals surface area contributed by atoms with Gasteiger partial charge in [0.1, 0.15) is 11.6 Å². The van der Waals surface area contributed by atoms with Crippen LogP contribution in [-0.2, 0) is 7.05 Å². The second-order valence-corrected chi connectivity index (χ2v) is 7.51. The van der Waals surface area contributed by atoms with Gasteiger partial charge in [0.2, 0.25) is 0 Å². The molecule has 3 aromatic rings. The predicted molar refractivity (Wildman–Crippen MR) is 108 cm³/mol. The highest BCUT2D eigenvalue weighted by Crippen LogP contribution is 2.29. The van der Waals surface area contributed by atoms with Crippen LogP contribution in [0.2, 0.25) is 5.02 Å². The lowest BCUT2D eigenvalue weighted by Crippen LogP contribution is -2.39. The fourth-order valence-electron chi connectivity index (χ4n) is 3.77. The highest BCUT2D eigenvalue weighted by molar-refractivity contribution is 6.33. The Morgan fingerprint density at radius 1 is 1.10 bits per heavy atom. The van der Waals surface area contributed by atoms with Crippen LogP contribution in [-0.4, -0.2) is 38.2 Å². The van der Waals surface area contributed by atoms with Crippen molar-refractivity contribution < 1.29 is 9.18 Å². The predicted octanol–water partition coefficient (Wildman–Crippen LogP) is 3.38. The molecule has 1 saturated heterocycles. The Bertz CT molecular complexity index is 1080. The van der Waals surface area contributed by atoms with E-state index in [4.69, 9.17) is 11.6 Å². The van der Waals surface area contributed by atoms with Gasteiger partial charge in [-0.3, -0.25) is 4.79 Å². The molecule has 150 valence electrons. The molecule has 0 atom stereocenters. The van der Waals surface area contributed by atoms with Gasteiger partial charge in [-0.15, -0.1) is 0 Å². The summed E-state index contributed by atoms with van der Waals surface area (Å²) in [4.78, 5) is 27.0. The van der Waals surface area contributed by atoms with Crippen LogP contribution >= 0.6 is 11.6 Å². The van der Waals surface area contributed by atoms with Crippen molar-refractivity contribution in [2.45, 2.75) is 18.8 Å². The van der Waals surface area contributed by atoms with E-state index in [0.717, 1.165) is 5.69 Å². The van der Waals surface area contributed by atoms with Gasteiger partial charge in [-0.2, -0.15) is 5.10 Å². The molecule has 1 amide bonds.